The van der Waals surface area contributed by atoms with Crippen molar-refractivity contribution in [2.45, 2.75) is 57.2 Å². The minimum absolute atomic E-state index is 0.0375. The van der Waals surface area contributed by atoms with Crippen LogP contribution in [0.15, 0.2) is 24.7 Å². The van der Waals surface area contributed by atoms with Crippen molar-refractivity contribution in [1.29, 1.82) is 0 Å². The number of nitrogens with one attached hydrogen (secondary N) is 3. The van der Waals surface area contributed by atoms with Gasteiger partial charge in [-0.15, -0.1) is 0 Å². The van der Waals surface area contributed by atoms with E-state index in [-0.39, 0.29) is 48.7 Å². The van der Waals surface area contributed by atoms with Gasteiger partial charge in [0.1, 0.15) is 18.0 Å². The Balaban J connectivity index is 1.38. The fraction of sp³-hybridized carbons (Fsp3) is 0.583. The second kappa shape index (κ2) is 12.3. The zero-order chi connectivity index (χ0) is 28.0. The Morgan fingerprint density at radius 3 is 2.77 bits per heavy atom. The van der Waals surface area contributed by atoms with Crippen LogP contribution in [0.1, 0.15) is 33.1 Å². The molecule has 0 spiro atoms. The van der Waals surface area contributed by atoms with Gasteiger partial charge < -0.3 is 24.6 Å². The van der Waals surface area contributed by atoms with Gasteiger partial charge in [0.25, 0.3) is 5.92 Å². The summed E-state index contributed by atoms with van der Waals surface area (Å²) in [5, 5.41) is 8.36. The highest BCUT2D eigenvalue weighted by Gasteiger charge is 2.48. The van der Waals surface area contributed by atoms with Crippen LogP contribution >= 0.6 is 0 Å². The molecule has 0 saturated carbocycles. The number of halogens is 2. The molecule has 0 radical (unpaired) electrons. The number of anilines is 3. The first-order valence-corrected chi connectivity index (χ1v) is 12.8. The number of aromatic nitrogens is 4. The minimum Gasteiger partial charge on any atom is -0.477 e. The molecule has 2 fully saturated rings. The van der Waals surface area contributed by atoms with Gasteiger partial charge in [0.15, 0.2) is 5.82 Å². The maximum Gasteiger partial charge on any atom is 0.413 e. The molecule has 0 bridgehead atoms. The number of likely N-dealkylation sites (N-methyl/N-ethyl adjacent to an activating group) is 1. The molecule has 4 rings (SSSR count). The predicted molar refractivity (Wildman–Crippen MR) is 138 cm³/mol. The lowest BCUT2D eigenvalue weighted by Gasteiger charge is -2.42. The van der Waals surface area contributed by atoms with E-state index < -0.39 is 30.5 Å². The van der Waals surface area contributed by atoms with E-state index in [9.17, 15) is 18.4 Å². The van der Waals surface area contributed by atoms with Crippen LogP contribution in [-0.2, 0) is 4.74 Å². The molecule has 2 saturated heterocycles. The van der Waals surface area contributed by atoms with Gasteiger partial charge in [-0.1, -0.05) is 0 Å². The Kier molecular flexibility index (Phi) is 8.89. The molecule has 39 heavy (non-hydrogen) atoms. The number of ether oxygens (including phenoxy) is 2. The molecule has 0 unspecified atom stereocenters. The van der Waals surface area contributed by atoms with Gasteiger partial charge in [0.2, 0.25) is 11.8 Å². The maximum atomic E-state index is 14.9. The van der Waals surface area contributed by atoms with Crippen LogP contribution in [0.3, 0.4) is 0 Å². The highest BCUT2D eigenvalue weighted by Crippen LogP contribution is 2.33. The molecule has 212 valence electrons. The Labute approximate surface area is 224 Å². The number of rotatable bonds is 7. The quantitative estimate of drug-likeness (QED) is 0.471. The molecule has 2 aromatic heterocycles. The number of carbonyl (C=O) groups is 2. The van der Waals surface area contributed by atoms with Crippen LogP contribution < -0.4 is 25.6 Å². The van der Waals surface area contributed by atoms with E-state index in [0.29, 0.717) is 19.4 Å². The second-order valence-corrected chi connectivity index (χ2v) is 9.46. The molecular formula is C24H33F2N9O4. The lowest BCUT2D eigenvalue weighted by molar-refractivity contribution is -0.0760. The summed E-state index contributed by atoms with van der Waals surface area (Å²) >= 11 is 0. The SMILES string of the molecule is CCOc1cnc(NC(=O)N(C)[C@H]2CN(c3nccc(NC(=O)O[C@@H]4CCN[C@@H](C)C4)n3)CCC2(F)F)cn1. The first kappa shape index (κ1) is 28.1. The van der Waals surface area contributed by atoms with Gasteiger partial charge in [-0.2, -0.15) is 4.98 Å². The number of amides is 3. The molecule has 0 aliphatic carbocycles. The number of piperidine rings is 2. The van der Waals surface area contributed by atoms with E-state index >= 15 is 0 Å². The Hall–Kier alpha value is -3.88. The third-order valence-electron chi connectivity index (χ3n) is 6.54. The van der Waals surface area contributed by atoms with Gasteiger partial charge >= 0.3 is 12.1 Å². The summed E-state index contributed by atoms with van der Waals surface area (Å²) in [6, 6.07) is -0.509. The van der Waals surface area contributed by atoms with Crippen LogP contribution in [0, 0.1) is 0 Å². The van der Waals surface area contributed by atoms with Crippen LogP contribution in [-0.4, -0.2) is 94.4 Å². The van der Waals surface area contributed by atoms with Crippen molar-refractivity contribution in [3.63, 3.8) is 0 Å². The Bertz CT molecular complexity index is 1140. The molecular weight excluding hydrogens is 516 g/mol. The molecule has 3 amide bonds. The summed E-state index contributed by atoms with van der Waals surface area (Å²) in [5.74, 6) is -2.45. The lowest BCUT2D eigenvalue weighted by atomic mass is 10.00. The standard InChI is InChI=1S/C24H33F2N9O4/c1-4-38-20-13-29-19(12-30-20)32-22(36)34(3)17-14-35(10-7-24(17,25)26)21-28-9-6-18(31-21)33-23(37)39-16-5-8-27-15(2)11-16/h6,9,12-13,15-17,27H,4-5,7-8,10-11,14H2,1-3H3,(H,29,32,36)(H,28,31,33,37)/t15-,16+,17-/m0/s1. The van der Waals surface area contributed by atoms with Gasteiger partial charge in [-0.3, -0.25) is 10.6 Å². The molecule has 0 aromatic carbocycles. The molecule has 13 nitrogen and oxygen atoms in total. The van der Waals surface area contributed by atoms with Crippen molar-refractivity contribution < 1.29 is 27.8 Å². The number of hydrogen-bond acceptors (Lipinski definition) is 10. The summed E-state index contributed by atoms with van der Waals surface area (Å²) in [6.45, 7) is 4.71. The van der Waals surface area contributed by atoms with Crippen molar-refractivity contribution in [2.24, 2.45) is 0 Å². The number of nitrogens with zero attached hydrogens (tertiary/aromatic N) is 6. The summed E-state index contributed by atoms with van der Waals surface area (Å²) in [7, 11) is 1.29. The van der Waals surface area contributed by atoms with Crippen LogP contribution in [0.25, 0.3) is 0 Å². The summed E-state index contributed by atoms with van der Waals surface area (Å²) in [5.41, 5.74) is 0. The second-order valence-electron chi connectivity index (χ2n) is 9.46. The van der Waals surface area contributed by atoms with Crippen molar-refractivity contribution in [3.05, 3.63) is 24.7 Å². The third-order valence-corrected chi connectivity index (χ3v) is 6.54. The van der Waals surface area contributed by atoms with Gasteiger partial charge in [0, 0.05) is 38.8 Å². The summed E-state index contributed by atoms with van der Waals surface area (Å²) < 4.78 is 40.6. The number of carbonyl (C=O) groups excluding carboxylic acids is 2. The summed E-state index contributed by atoms with van der Waals surface area (Å²) in [6.07, 6.45) is 4.09. The third kappa shape index (κ3) is 7.37. The van der Waals surface area contributed by atoms with Gasteiger partial charge in [-0.05, 0) is 39.3 Å². The molecule has 3 N–H and O–H groups in total. The first-order chi connectivity index (χ1) is 18.6. The van der Waals surface area contributed by atoms with Gasteiger partial charge in [0.05, 0.1) is 19.0 Å². The highest BCUT2D eigenvalue weighted by molar-refractivity contribution is 5.88. The Morgan fingerprint density at radius 1 is 1.23 bits per heavy atom. The maximum absolute atomic E-state index is 14.9. The number of urea groups is 1. The van der Waals surface area contributed by atoms with E-state index in [1.165, 1.54) is 31.7 Å². The zero-order valence-corrected chi connectivity index (χ0v) is 22.1. The largest absolute Gasteiger partial charge is 0.477 e. The monoisotopic (exact) mass is 549 g/mol. The fourth-order valence-electron chi connectivity index (χ4n) is 4.46. The fourth-order valence-corrected chi connectivity index (χ4v) is 4.46. The first-order valence-electron chi connectivity index (χ1n) is 12.8. The van der Waals surface area contributed by atoms with Crippen LogP contribution in [0.4, 0.5) is 36.0 Å². The predicted octanol–water partition coefficient (Wildman–Crippen LogP) is 2.73. The van der Waals surface area contributed by atoms with Crippen LogP contribution in [0.5, 0.6) is 5.88 Å². The minimum atomic E-state index is -3.15. The highest BCUT2D eigenvalue weighted by atomic mass is 19.3. The number of hydrogen-bond donors (Lipinski definition) is 3. The topological polar surface area (TPSA) is 147 Å². The summed E-state index contributed by atoms with van der Waals surface area (Å²) in [4.78, 5) is 44.2. The average molecular weight is 550 g/mol. The van der Waals surface area contributed by atoms with Crippen LogP contribution in [0.2, 0.25) is 0 Å². The Morgan fingerprint density at radius 2 is 2.05 bits per heavy atom. The molecule has 2 aliphatic rings. The van der Waals surface area contributed by atoms with E-state index in [4.69, 9.17) is 9.47 Å². The molecule has 3 atom stereocenters. The van der Waals surface area contributed by atoms with Crippen molar-refractivity contribution in [3.8, 4) is 5.88 Å². The van der Waals surface area contributed by atoms with E-state index in [2.05, 4.69) is 35.9 Å². The molecule has 15 heteroatoms. The van der Waals surface area contributed by atoms with Gasteiger partial charge in [-0.25, -0.2) is 33.3 Å². The number of alkyl halides is 2. The van der Waals surface area contributed by atoms with Crippen molar-refractivity contribution >= 4 is 29.7 Å². The molecule has 4 heterocycles. The van der Waals surface area contributed by atoms with E-state index in [1.54, 1.807) is 11.8 Å². The average Bonchev–Trinajstić information content (AvgIpc) is 2.89. The lowest BCUT2D eigenvalue weighted by Crippen LogP contribution is -2.60. The molecule has 2 aromatic rings. The smallest absolute Gasteiger partial charge is 0.413 e. The normalized spacial score (nSPS) is 22.5. The zero-order valence-electron chi connectivity index (χ0n) is 22.1. The van der Waals surface area contributed by atoms with Crippen molar-refractivity contribution in [1.82, 2.24) is 30.2 Å². The van der Waals surface area contributed by atoms with E-state index in [1.807, 2.05) is 6.92 Å². The van der Waals surface area contributed by atoms with E-state index in [0.717, 1.165) is 11.4 Å². The molecule has 2 aliphatic heterocycles. The van der Waals surface area contributed by atoms with Crippen molar-refractivity contribution in [2.75, 3.05) is 48.8 Å².